The van der Waals surface area contributed by atoms with E-state index in [-0.39, 0.29) is 5.91 Å². The molecule has 0 saturated carbocycles. The zero-order valence-electron chi connectivity index (χ0n) is 12.0. The lowest BCUT2D eigenvalue weighted by Gasteiger charge is -2.07. The summed E-state index contributed by atoms with van der Waals surface area (Å²) in [6, 6.07) is 21.5. The maximum absolute atomic E-state index is 12.1. The number of amides is 1. The molecule has 3 N–H and O–H groups in total. The Morgan fingerprint density at radius 3 is 2.50 bits per heavy atom. The molecule has 4 heteroatoms. The van der Waals surface area contributed by atoms with Crippen molar-refractivity contribution in [1.29, 1.82) is 0 Å². The number of nitrogens with one attached hydrogen (secondary N) is 1. The van der Waals surface area contributed by atoms with Gasteiger partial charge in [0.15, 0.2) is 0 Å². The number of rotatable bonds is 4. The average molecular weight is 308 g/mol. The van der Waals surface area contributed by atoms with Gasteiger partial charge < -0.3 is 11.1 Å². The molecule has 0 unspecified atom stereocenters. The third-order valence-electron chi connectivity index (χ3n) is 3.31. The minimum atomic E-state index is -0.0384. The van der Waals surface area contributed by atoms with Gasteiger partial charge >= 0.3 is 0 Å². The molecule has 0 atom stereocenters. The van der Waals surface area contributed by atoms with Crippen molar-refractivity contribution in [2.75, 3.05) is 16.8 Å². The molecule has 1 amide bonds. The van der Waals surface area contributed by atoms with E-state index < -0.39 is 0 Å². The van der Waals surface area contributed by atoms with E-state index in [1.54, 1.807) is 0 Å². The first kappa shape index (κ1) is 14.5. The molecule has 0 aliphatic heterocycles. The van der Waals surface area contributed by atoms with Crippen LogP contribution < -0.4 is 11.1 Å². The van der Waals surface area contributed by atoms with Crippen LogP contribution in [0.3, 0.4) is 0 Å². The molecule has 3 rings (SSSR count). The van der Waals surface area contributed by atoms with Crippen molar-refractivity contribution in [2.45, 2.75) is 4.90 Å². The van der Waals surface area contributed by atoms with E-state index in [1.165, 1.54) is 11.8 Å². The molecule has 0 heterocycles. The number of anilines is 2. The van der Waals surface area contributed by atoms with E-state index >= 15 is 0 Å². The highest BCUT2D eigenvalue weighted by atomic mass is 32.2. The average Bonchev–Trinajstić information content (AvgIpc) is 2.54. The van der Waals surface area contributed by atoms with Crippen LogP contribution in [0.4, 0.5) is 11.4 Å². The van der Waals surface area contributed by atoms with E-state index in [9.17, 15) is 4.79 Å². The van der Waals surface area contributed by atoms with Crippen LogP contribution >= 0.6 is 11.8 Å². The van der Waals surface area contributed by atoms with E-state index in [0.717, 1.165) is 21.4 Å². The van der Waals surface area contributed by atoms with Gasteiger partial charge in [-0.3, -0.25) is 4.79 Å². The normalized spacial score (nSPS) is 10.5. The zero-order chi connectivity index (χ0) is 15.4. The van der Waals surface area contributed by atoms with E-state index in [0.29, 0.717) is 11.4 Å². The van der Waals surface area contributed by atoms with E-state index in [2.05, 4.69) is 11.4 Å². The van der Waals surface area contributed by atoms with Gasteiger partial charge in [-0.25, -0.2) is 0 Å². The molecular weight excluding hydrogens is 292 g/mol. The van der Waals surface area contributed by atoms with Gasteiger partial charge in [-0.1, -0.05) is 42.5 Å². The second-order valence-electron chi connectivity index (χ2n) is 4.94. The minimum Gasteiger partial charge on any atom is -0.398 e. The number of hydrogen-bond donors (Lipinski definition) is 2. The molecule has 22 heavy (non-hydrogen) atoms. The van der Waals surface area contributed by atoms with Crippen molar-refractivity contribution in [3.8, 4) is 0 Å². The Balaban J connectivity index is 1.64. The van der Waals surface area contributed by atoms with Crippen LogP contribution in [-0.2, 0) is 4.79 Å². The summed E-state index contributed by atoms with van der Waals surface area (Å²) in [5.41, 5.74) is 7.38. The quantitative estimate of drug-likeness (QED) is 0.562. The predicted molar refractivity (Wildman–Crippen MR) is 94.2 cm³/mol. The topological polar surface area (TPSA) is 55.1 Å². The summed E-state index contributed by atoms with van der Waals surface area (Å²) < 4.78 is 0. The number of carbonyl (C=O) groups is 1. The first-order valence-corrected chi connectivity index (χ1v) is 7.97. The third kappa shape index (κ3) is 3.40. The first-order valence-electron chi connectivity index (χ1n) is 6.98. The van der Waals surface area contributed by atoms with Crippen LogP contribution in [0.5, 0.6) is 0 Å². The maximum atomic E-state index is 12.1. The Morgan fingerprint density at radius 1 is 0.955 bits per heavy atom. The number of fused-ring (bicyclic) bond motifs is 1. The van der Waals surface area contributed by atoms with Crippen molar-refractivity contribution in [3.05, 3.63) is 66.7 Å². The lowest BCUT2D eigenvalue weighted by Crippen LogP contribution is -2.14. The lowest BCUT2D eigenvalue weighted by molar-refractivity contribution is -0.113. The molecule has 0 fully saturated rings. The Kier molecular flexibility index (Phi) is 4.30. The van der Waals surface area contributed by atoms with Crippen LogP contribution in [0.25, 0.3) is 10.8 Å². The molecule has 0 aromatic heterocycles. The summed E-state index contributed by atoms with van der Waals surface area (Å²) in [5.74, 6) is 0.296. The summed E-state index contributed by atoms with van der Waals surface area (Å²) >= 11 is 1.44. The Bertz CT molecular complexity index is 817. The highest BCUT2D eigenvalue weighted by Gasteiger charge is 2.06. The smallest absolute Gasteiger partial charge is 0.234 e. The molecule has 0 aliphatic carbocycles. The second kappa shape index (κ2) is 6.54. The first-order chi connectivity index (χ1) is 10.7. The monoisotopic (exact) mass is 308 g/mol. The molecule has 0 radical (unpaired) electrons. The van der Waals surface area contributed by atoms with Crippen molar-refractivity contribution in [2.24, 2.45) is 0 Å². The fraction of sp³-hybridized carbons (Fsp3) is 0.0556. The van der Waals surface area contributed by atoms with Gasteiger partial charge in [-0.15, -0.1) is 11.8 Å². The lowest BCUT2D eigenvalue weighted by atomic mass is 10.1. The minimum absolute atomic E-state index is 0.0384. The maximum Gasteiger partial charge on any atom is 0.234 e. The Hall–Kier alpha value is -2.46. The number of thioether (sulfide) groups is 1. The second-order valence-corrected chi connectivity index (χ2v) is 5.95. The van der Waals surface area contributed by atoms with Crippen LogP contribution in [0.15, 0.2) is 71.6 Å². The summed E-state index contributed by atoms with van der Waals surface area (Å²) in [6.07, 6.45) is 0. The highest BCUT2D eigenvalue weighted by molar-refractivity contribution is 8.00. The molecule has 3 aromatic carbocycles. The molecule has 110 valence electrons. The fourth-order valence-corrected chi connectivity index (χ4v) is 2.99. The van der Waals surface area contributed by atoms with Gasteiger partial charge in [0.1, 0.15) is 0 Å². The van der Waals surface area contributed by atoms with Crippen LogP contribution in [-0.4, -0.2) is 11.7 Å². The van der Waals surface area contributed by atoms with Crippen LogP contribution in [0.2, 0.25) is 0 Å². The van der Waals surface area contributed by atoms with E-state index in [4.69, 9.17) is 5.73 Å². The van der Waals surface area contributed by atoms with E-state index in [1.807, 2.05) is 60.7 Å². The summed E-state index contributed by atoms with van der Waals surface area (Å²) in [5, 5.41) is 5.19. The van der Waals surface area contributed by atoms with Gasteiger partial charge in [0, 0.05) is 16.3 Å². The number of benzene rings is 3. The number of nitrogens with two attached hydrogens (primary N) is 1. The number of carbonyl (C=O) groups excluding carboxylic acids is 1. The van der Waals surface area contributed by atoms with Crippen molar-refractivity contribution >= 4 is 39.8 Å². The number of nitrogen functional groups attached to an aromatic ring is 1. The predicted octanol–water partition coefficient (Wildman–Crippen LogP) is 4.15. The molecule has 0 aliphatic rings. The molecule has 0 saturated heterocycles. The zero-order valence-corrected chi connectivity index (χ0v) is 12.8. The van der Waals surface area contributed by atoms with Gasteiger partial charge in [-0.2, -0.15) is 0 Å². The molecule has 0 spiro atoms. The largest absolute Gasteiger partial charge is 0.398 e. The number of para-hydroxylation sites is 1. The van der Waals surface area contributed by atoms with Crippen molar-refractivity contribution in [3.63, 3.8) is 0 Å². The summed E-state index contributed by atoms with van der Waals surface area (Å²) in [6.45, 7) is 0. The van der Waals surface area contributed by atoms with Crippen molar-refractivity contribution < 1.29 is 4.79 Å². The molecule has 3 nitrogen and oxygen atoms in total. The van der Waals surface area contributed by atoms with Crippen molar-refractivity contribution in [1.82, 2.24) is 0 Å². The Morgan fingerprint density at radius 2 is 1.68 bits per heavy atom. The third-order valence-corrected chi connectivity index (χ3v) is 4.40. The van der Waals surface area contributed by atoms with Gasteiger partial charge in [0.2, 0.25) is 5.91 Å². The van der Waals surface area contributed by atoms with Crippen LogP contribution in [0.1, 0.15) is 0 Å². The number of hydrogen-bond acceptors (Lipinski definition) is 3. The highest BCUT2D eigenvalue weighted by Crippen LogP contribution is 2.24. The molecule has 0 bridgehead atoms. The Labute approximate surface area is 133 Å². The van der Waals surface area contributed by atoms with Gasteiger partial charge in [0.25, 0.3) is 0 Å². The van der Waals surface area contributed by atoms with Crippen LogP contribution in [0, 0.1) is 0 Å². The summed E-state index contributed by atoms with van der Waals surface area (Å²) in [4.78, 5) is 13.0. The molecule has 3 aromatic rings. The molecular formula is C18H16N2OS. The summed E-state index contributed by atoms with van der Waals surface area (Å²) in [7, 11) is 0. The standard InChI is InChI=1S/C18H16N2OS/c19-16-7-3-4-8-17(16)22-12-18(21)20-15-10-9-13-5-1-2-6-14(13)11-15/h1-11H,12,19H2,(H,20,21). The SMILES string of the molecule is Nc1ccccc1SCC(=O)Nc1ccc2ccccc2c1. The van der Waals surface area contributed by atoms with Gasteiger partial charge in [0.05, 0.1) is 5.75 Å². The van der Waals surface area contributed by atoms with Gasteiger partial charge in [-0.05, 0) is 35.0 Å². The fourth-order valence-electron chi connectivity index (χ4n) is 2.22.